The summed E-state index contributed by atoms with van der Waals surface area (Å²) in [4.78, 5) is 0. The lowest BCUT2D eigenvalue weighted by molar-refractivity contribution is -0.954. The Labute approximate surface area is 65.6 Å². The minimum Gasteiger partial charge on any atom is -0.322 e. The van der Waals surface area contributed by atoms with E-state index >= 15 is 0 Å². The fourth-order valence-corrected chi connectivity index (χ4v) is 0.775. The molecule has 0 rings (SSSR count). The average Bonchev–Trinajstić information content (AvgIpc) is 1.62. The predicted molar refractivity (Wildman–Crippen MR) is 47.0 cm³/mol. The minimum atomic E-state index is 0.355. The second kappa shape index (κ2) is 2.54. The van der Waals surface area contributed by atoms with Crippen LogP contribution in [0.4, 0.5) is 0 Å². The van der Waals surface area contributed by atoms with E-state index in [1.54, 1.807) is 0 Å². The molecule has 10 heavy (non-hydrogen) atoms. The van der Waals surface area contributed by atoms with E-state index in [0.29, 0.717) is 11.6 Å². The first-order chi connectivity index (χ1) is 4.19. The molecule has 0 aliphatic heterocycles. The fourth-order valence-electron chi connectivity index (χ4n) is 0.775. The van der Waals surface area contributed by atoms with E-state index in [2.05, 4.69) is 48.7 Å². The number of hydrogen-bond donors (Lipinski definition) is 0. The van der Waals surface area contributed by atoms with Crippen LogP contribution in [0.5, 0.6) is 0 Å². The van der Waals surface area contributed by atoms with Crippen LogP contribution >= 0.6 is 0 Å². The summed E-state index contributed by atoms with van der Waals surface area (Å²) >= 11 is 0. The zero-order chi connectivity index (χ0) is 8.58. The van der Waals surface area contributed by atoms with Crippen LogP contribution in [0, 0.1) is 0 Å². The number of rotatable bonds is 1. The Kier molecular flexibility index (Phi) is 2.53. The summed E-state index contributed by atoms with van der Waals surface area (Å²) in [6.45, 7) is 11.4. The quantitative estimate of drug-likeness (QED) is 0.495. The van der Waals surface area contributed by atoms with Crippen molar-refractivity contribution >= 4 is 0 Å². The summed E-state index contributed by atoms with van der Waals surface area (Å²) < 4.78 is 1.08. The molecular formula is C9H22N+. The first-order valence-corrected chi connectivity index (χ1v) is 4.03. The lowest BCUT2D eigenvalue weighted by Gasteiger charge is -2.45. The lowest BCUT2D eigenvalue weighted by Crippen LogP contribution is -2.58. The summed E-state index contributed by atoms with van der Waals surface area (Å²) in [5.41, 5.74) is 0.355. The van der Waals surface area contributed by atoms with Crippen LogP contribution in [0.25, 0.3) is 0 Å². The predicted octanol–water partition coefficient (Wildman–Crippen LogP) is 2.27. The van der Waals surface area contributed by atoms with Gasteiger partial charge in [-0.05, 0) is 34.6 Å². The van der Waals surface area contributed by atoms with Gasteiger partial charge in [-0.25, -0.2) is 0 Å². The summed E-state index contributed by atoms with van der Waals surface area (Å²) in [7, 11) is 4.56. The third kappa shape index (κ3) is 1.72. The van der Waals surface area contributed by atoms with Crippen molar-refractivity contribution in [1.82, 2.24) is 0 Å². The molecule has 62 valence electrons. The molecule has 0 N–H and O–H groups in total. The first-order valence-electron chi connectivity index (χ1n) is 4.03. The first kappa shape index (κ1) is 9.96. The molecule has 0 saturated heterocycles. The van der Waals surface area contributed by atoms with Gasteiger partial charge >= 0.3 is 0 Å². The standard InChI is InChI=1S/C9H22N/c1-8(2)10(6,7)9(3,4)5/h8H,1-7H3/q+1. The monoisotopic (exact) mass is 144 g/mol. The molecule has 0 aromatic heterocycles. The van der Waals surface area contributed by atoms with Gasteiger partial charge in [0.1, 0.15) is 0 Å². The average molecular weight is 144 g/mol. The molecule has 1 heteroatoms. The van der Waals surface area contributed by atoms with Gasteiger partial charge in [-0.3, -0.25) is 0 Å². The van der Waals surface area contributed by atoms with E-state index in [0.717, 1.165) is 4.48 Å². The molecule has 0 saturated carbocycles. The van der Waals surface area contributed by atoms with Gasteiger partial charge in [0.25, 0.3) is 0 Å². The van der Waals surface area contributed by atoms with Crippen molar-refractivity contribution in [2.45, 2.75) is 46.2 Å². The van der Waals surface area contributed by atoms with Gasteiger partial charge in [-0.15, -0.1) is 0 Å². The van der Waals surface area contributed by atoms with E-state index < -0.39 is 0 Å². The molecular weight excluding hydrogens is 122 g/mol. The normalized spacial score (nSPS) is 14.4. The van der Waals surface area contributed by atoms with Crippen molar-refractivity contribution in [1.29, 1.82) is 0 Å². The van der Waals surface area contributed by atoms with Crippen molar-refractivity contribution in [3.05, 3.63) is 0 Å². The Balaban J connectivity index is 4.40. The smallest absolute Gasteiger partial charge is 0.0905 e. The maximum atomic E-state index is 2.28. The third-order valence-electron chi connectivity index (χ3n) is 3.02. The highest BCUT2D eigenvalue weighted by atomic mass is 15.4. The molecule has 0 aromatic carbocycles. The van der Waals surface area contributed by atoms with Crippen LogP contribution in [0.1, 0.15) is 34.6 Å². The van der Waals surface area contributed by atoms with Crippen LogP contribution in [0.3, 0.4) is 0 Å². The lowest BCUT2D eigenvalue weighted by atomic mass is 10.0. The highest BCUT2D eigenvalue weighted by molar-refractivity contribution is 4.61. The SMILES string of the molecule is CC(C)[N+](C)(C)C(C)(C)C. The number of quaternary nitrogens is 1. The molecule has 0 aliphatic rings. The van der Waals surface area contributed by atoms with Crippen LogP contribution in [0.2, 0.25) is 0 Å². The van der Waals surface area contributed by atoms with Crippen molar-refractivity contribution < 1.29 is 4.48 Å². The van der Waals surface area contributed by atoms with Crippen molar-refractivity contribution in [2.24, 2.45) is 0 Å². The number of hydrogen-bond acceptors (Lipinski definition) is 0. The highest BCUT2D eigenvalue weighted by Gasteiger charge is 2.33. The Bertz CT molecular complexity index is 106. The van der Waals surface area contributed by atoms with E-state index in [4.69, 9.17) is 0 Å². The van der Waals surface area contributed by atoms with Gasteiger partial charge in [-0.2, -0.15) is 0 Å². The zero-order valence-electron chi connectivity index (χ0n) is 8.52. The van der Waals surface area contributed by atoms with Crippen LogP contribution in [-0.2, 0) is 0 Å². The van der Waals surface area contributed by atoms with Crippen molar-refractivity contribution in [2.75, 3.05) is 14.1 Å². The molecule has 0 amide bonds. The minimum absolute atomic E-state index is 0.355. The third-order valence-corrected chi connectivity index (χ3v) is 3.02. The molecule has 0 aliphatic carbocycles. The van der Waals surface area contributed by atoms with Crippen LogP contribution in [0.15, 0.2) is 0 Å². The molecule has 0 unspecified atom stereocenters. The Morgan fingerprint density at radius 1 is 1.00 bits per heavy atom. The summed E-state index contributed by atoms with van der Waals surface area (Å²) in [5.74, 6) is 0. The van der Waals surface area contributed by atoms with E-state index in [9.17, 15) is 0 Å². The topological polar surface area (TPSA) is 0 Å². The van der Waals surface area contributed by atoms with Gasteiger partial charge in [0.15, 0.2) is 0 Å². The molecule has 0 aromatic rings. The largest absolute Gasteiger partial charge is 0.322 e. The number of nitrogens with zero attached hydrogens (tertiary/aromatic N) is 1. The fraction of sp³-hybridized carbons (Fsp3) is 1.00. The van der Waals surface area contributed by atoms with Gasteiger partial charge in [0.2, 0.25) is 0 Å². The Hall–Kier alpha value is -0.0400. The van der Waals surface area contributed by atoms with Gasteiger partial charge in [0.05, 0.1) is 25.7 Å². The molecule has 0 radical (unpaired) electrons. The zero-order valence-corrected chi connectivity index (χ0v) is 8.52. The van der Waals surface area contributed by atoms with E-state index in [-0.39, 0.29) is 0 Å². The van der Waals surface area contributed by atoms with Crippen molar-refractivity contribution in [3.8, 4) is 0 Å². The molecule has 0 heterocycles. The van der Waals surface area contributed by atoms with Gasteiger partial charge in [-0.1, -0.05) is 0 Å². The van der Waals surface area contributed by atoms with Crippen LogP contribution in [-0.4, -0.2) is 30.2 Å². The van der Waals surface area contributed by atoms with E-state index in [1.165, 1.54) is 0 Å². The van der Waals surface area contributed by atoms with E-state index in [1.807, 2.05) is 0 Å². The maximum absolute atomic E-state index is 2.28. The molecule has 0 spiro atoms. The van der Waals surface area contributed by atoms with Crippen molar-refractivity contribution in [3.63, 3.8) is 0 Å². The Morgan fingerprint density at radius 3 is 1.30 bits per heavy atom. The molecule has 0 bridgehead atoms. The molecule has 0 atom stereocenters. The van der Waals surface area contributed by atoms with Gasteiger partial charge in [0, 0.05) is 0 Å². The van der Waals surface area contributed by atoms with Gasteiger partial charge < -0.3 is 4.48 Å². The summed E-state index contributed by atoms with van der Waals surface area (Å²) in [6, 6.07) is 0.694. The highest BCUT2D eigenvalue weighted by Crippen LogP contribution is 2.22. The second-order valence-corrected chi connectivity index (χ2v) is 4.80. The maximum Gasteiger partial charge on any atom is 0.0905 e. The summed E-state index contributed by atoms with van der Waals surface area (Å²) in [5, 5.41) is 0. The summed E-state index contributed by atoms with van der Waals surface area (Å²) in [6.07, 6.45) is 0. The van der Waals surface area contributed by atoms with Crippen LogP contribution < -0.4 is 0 Å². The Morgan fingerprint density at radius 2 is 1.30 bits per heavy atom. The molecule has 1 nitrogen and oxygen atoms in total. The molecule has 0 fully saturated rings. The second-order valence-electron chi connectivity index (χ2n) is 4.80.